The summed E-state index contributed by atoms with van der Waals surface area (Å²) in [5.41, 5.74) is 0. The van der Waals surface area contributed by atoms with Gasteiger partial charge in [-0.05, 0) is 44.9 Å². The lowest BCUT2D eigenvalue weighted by atomic mass is 9.96. The zero-order valence-corrected chi connectivity index (χ0v) is 56.8. The van der Waals surface area contributed by atoms with Gasteiger partial charge in [-0.2, -0.15) is 0 Å². The predicted octanol–water partition coefficient (Wildman–Crippen LogP) is 10.6. The minimum Gasteiger partial charge on any atom is -0.394 e. The minimum absolute atomic E-state index is 0.244. The molecule has 3 rings (SSSR count). The second-order valence-corrected chi connectivity index (χ2v) is 26.8. The maximum absolute atomic E-state index is 13.4. The van der Waals surface area contributed by atoms with Gasteiger partial charge >= 0.3 is 0 Å². The van der Waals surface area contributed by atoms with Gasteiger partial charge in [0.2, 0.25) is 5.91 Å². The molecule has 19 heteroatoms. The van der Waals surface area contributed by atoms with Crippen molar-refractivity contribution in [1.82, 2.24) is 5.32 Å². The average molecular weight is 1300 g/mol. The van der Waals surface area contributed by atoms with Crippen LogP contribution in [0, 0.1) is 0 Å². The number of hydrogen-bond donors (Lipinski definition) is 12. The number of carbonyl (C=O) groups excluding carboxylic acids is 1. The van der Waals surface area contributed by atoms with Gasteiger partial charge in [-0.15, -0.1) is 0 Å². The normalized spacial score (nSPS) is 27.9. The number of carbonyl (C=O) groups is 1. The Morgan fingerprint density at radius 3 is 1.14 bits per heavy atom. The first-order chi connectivity index (χ1) is 44.3. The molecule has 3 aliphatic rings. The fraction of sp³-hybridized carbons (Fsp3) is 0.931. The Kier molecular flexibility index (Phi) is 49.8. The van der Waals surface area contributed by atoms with Gasteiger partial charge in [0.15, 0.2) is 18.9 Å². The Balaban J connectivity index is 1.40. The Bertz CT molecular complexity index is 1750. The third-order valence-corrected chi connectivity index (χ3v) is 18.8. The molecule has 0 aromatic carbocycles. The second-order valence-electron chi connectivity index (χ2n) is 26.8. The van der Waals surface area contributed by atoms with Crippen molar-refractivity contribution >= 4 is 5.91 Å². The van der Waals surface area contributed by atoms with Gasteiger partial charge < -0.3 is 89.9 Å². The molecule has 17 atom stereocenters. The standard InChI is InChI=1S/C72H135NO18/c1-3-5-7-9-11-13-15-17-19-21-23-24-25-26-27-28-29-30-32-33-35-37-39-41-43-45-47-49-56(77)55(73-60(78)50-48-46-44-42-40-38-36-34-31-22-20-18-16-14-12-10-8-6-4-2)54-86-70-66(84)63(81)68(58(52-75)88-70)91-72-67(85)64(82)69(59(53-76)89-72)90-71-65(83)62(80)61(79)57(51-74)87-71/h12,14,18,20,55-59,61-72,74-77,79-85H,3-11,13,15-17,19,21-54H2,1-2H3,(H,73,78)/b14-12-,20-18-. The molecule has 3 fully saturated rings. The molecular formula is C72H135NO18. The van der Waals surface area contributed by atoms with Crippen molar-refractivity contribution in [3.8, 4) is 0 Å². The van der Waals surface area contributed by atoms with Gasteiger partial charge in [-0.3, -0.25) is 4.79 Å². The van der Waals surface area contributed by atoms with Crippen molar-refractivity contribution in [3.63, 3.8) is 0 Å². The molecule has 3 heterocycles. The molecule has 0 aliphatic carbocycles. The molecule has 0 spiro atoms. The van der Waals surface area contributed by atoms with Gasteiger partial charge in [0.05, 0.1) is 38.6 Å². The summed E-state index contributed by atoms with van der Waals surface area (Å²) >= 11 is 0. The molecule has 3 saturated heterocycles. The first kappa shape index (κ1) is 83.5. The van der Waals surface area contributed by atoms with E-state index in [1.165, 1.54) is 205 Å². The number of unbranched alkanes of at least 4 members (excludes halogenated alkanes) is 38. The van der Waals surface area contributed by atoms with Gasteiger partial charge in [0.25, 0.3) is 0 Å². The van der Waals surface area contributed by atoms with E-state index in [2.05, 4.69) is 43.5 Å². The molecule has 0 saturated carbocycles. The third kappa shape index (κ3) is 35.9. The van der Waals surface area contributed by atoms with Crippen LogP contribution in [0.2, 0.25) is 0 Å². The number of ether oxygens (including phenoxy) is 6. The van der Waals surface area contributed by atoms with Crippen LogP contribution in [-0.2, 0) is 33.2 Å². The highest BCUT2D eigenvalue weighted by molar-refractivity contribution is 5.76. The summed E-state index contributed by atoms with van der Waals surface area (Å²) in [6.45, 7) is 1.81. The largest absolute Gasteiger partial charge is 0.394 e. The topological polar surface area (TPSA) is 307 Å². The molecule has 91 heavy (non-hydrogen) atoms. The molecule has 0 aromatic rings. The minimum atomic E-state index is -1.97. The number of amides is 1. The number of rotatable bonds is 58. The van der Waals surface area contributed by atoms with Crippen molar-refractivity contribution in [1.29, 1.82) is 0 Å². The van der Waals surface area contributed by atoms with Crippen LogP contribution in [0.3, 0.4) is 0 Å². The van der Waals surface area contributed by atoms with Crippen LogP contribution in [0.5, 0.6) is 0 Å². The van der Waals surface area contributed by atoms with Crippen LogP contribution in [0.4, 0.5) is 0 Å². The van der Waals surface area contributed by atoms with Crippen LogP contribution in [0.25, 0.3) is 0 Å². The zero-order chi connectivity index (χ0) is 66.1. The summed E-state index contributed by atoms with van der Waals surface area (Å²) in [5, 5.41) is 121. The van der Waals surface area contributed by atoms with Gasteiger partial charge in [0, 0.05) is 6.42 Å². The van der Waals surface area contributed by atoms with Gasteiger partial charge in [0.1, 0.15) is 73.2 Å². The van der Waals surface area contributed by atoms with Gasteiger partial charge in [-0.25, -0.2) is 0 Å². The molecule has 1 amide bonds. The highest BCUT2D eigenvalue weighted by Crippen LogP contribution is 2.33. The molecule has 19 nitrogen and oxygen atoms in total. The summed E-state index contributed by atoms with van der Waals surface area (Å²) in [5.74, 6) is -0.244. The first-order valence-electron chi connectivity index (χ1n) is 37.1. The maximum Gasteiger partial charge on any atom is 0.220 e. The molecule has 3 aliphatic heterocycles. The van der Waals surface area contributed by atoms with E-state index in [-0.39, 0.29) is 18.9 Å². The van der Waals surface area contributed by atoms with E-state index in [4.69, 9.17) is 28.4 Å². The van der Waals surface area contributed by atoms with Crippen LogP contribution in [0.1, 0.15) is 296 Å². The summed E-state index contributed by atoms with van der Waals surface area (Å²) < 4.78 is 34.5. The smallest absolute Gasteiger partial charge is 0.220 e. The molecule has 536 valence electrons. The van der Waals surface area contributed by atoms with Crippen molar-refractivity contribution in [3.05, 3.63) is 24.3 Å². The van der Waals surface area contributed by atoms with Crippen molar-refractivity contribution in [2.75, 3.05) is 26.4 Å². The van der Waals surface area contributed by atoms with Crippen LogP contribution in [0.15, 0.2) is 24.3 Å². The molecule has 17 unspecified atom stereocenters. The Hall–Kier alpha value is -1.73. The highest BCUT2D eigenvalue weighted by atomic mass is 16.8. The van der Waals surface area contributed by atoms with E-state index in [1.54, 1.807) is 0 Å². The molecule has 12 N–H and O–H groups in total. The lowest BCUT2D eigenvalue weighted by Crippen LogP contribution is -2.66. The zero-order valence-electron chi connectivity index (χ0n) is 56.8. The fourth-order valence-electron chi connectivity index (χ4n) is 12.8. The first-order valence-corrected chi connectivity index (χ1v) is 37.1. The molecule has 0 radical (unpaired) electrons. The summed E-state index contributed by atoms with van der Waals surface area (Å²) in [7, 11) is 0. The number of aliphatic hydroxyl groups excluding tert-OH is 11. The van der Waals surface area contributed by atoms with E-state index >= 15 is 0 Å². The molecule has 0 bridgehead atoms. The van der Waals surface area contributed by atoms with E-state index in [9.17, 15) is 61.0 Å². The molecule has 0 aromatic heterocycles. The van der Waals surface area contributed by atoms with E-state index < -0.39 is 124 Å². The summed E-state index contributed by atoms with van der Waals surface area (Å²) in [6, 6.07) is -0.889. The number of hydrogen-bond acceptors (Lipinski definition) is 18. The van der Waals surface area contributed by atoms with E-state index in [0.717, 1.165) is 57.8 Å². The monoisotopic (exact) mass is 1300 g/mol. The average Bonchev–Trinajstić information content (AvgIpc) is 0.886. The summed E-state index contributed by atoms with van der Waals surface area (Å²) in [6.07, 6.45) is 35.4. The summed E-state index contributed by atoms with van der Waals surface area (Å²) in [4.78, 5) is 13.4. The second kappa shape index (κ2) is 54.3. The Morgan fingerprint density at radius 1 is 0.396 bits per heavy atom. The third-order valence-electron chi connectivity index (χ3n) is 18.8. The predicted molar refractivity (Wildman–Crippen MR) is 356 cm³/mol. The van der Waals surface area contributed by atoms with E-state index in [1.807, 2.05) is 0 Å². The van der Waals surface area contributed by atoms with Crippen LogP contribution < -0.4 is 5.32 Å². The maximum atomic E-state index is 13.4. The lowest BCUT2D eigenvalue weighted by Gasteiger charge is -2.48. The lowest BCUT2D eigenvalue weighted by molar-refractivity contribution is -0.379. The van der Waals surface area contributed by atoms with Crippen molar-refractivity contribution < 1.29 is 89.4 Å². The Morgan fingerprint density at radius 2 is 0.725 bits per heavy atom. The highest BCUT2D eigenvalue weighted by Gasteiger charge is 2.53. The number of aliphatic hydroxyl groups is 11. The van der Waals surface area contributed by atoms with E-state index in [0.29, 0.717) is 12.8 Å². The van der Waals surface area contributed by atoms with Gasteiger partial charge in [-0.1, -0.05) is 269 Å². The number of allylic oxidation sites excluding steroid dienone is 4. The van der Waals surface area contributed by atoms with Crippen LogP contribution >= 0.6 is 0 Å². The van der Waals surface area contributed by atoms with Crippen molar-refractivity contribution in [2.45, 2.75) is 401 Å². The SMILES string of the molecule is CCCCC/C=C\C/C=C\CCCCCCCCCCCC(=O)NC(COC1OC(CO)C(OC2OC(CO)C(OC3OC(CO)C(O)C(O)C3O)C(O)C2O)C(O)C1O)C(O)CCCCCCCCCCCCCCCCCCCCCCCCCCCCC. The fourth-order valence-corrected chi connectivity index (χ4v) is 12.8. The number of nitrogens with one attached hydrogen (secondary N) is 1. The molecular weight excluding hydrogens is 1170 g/mol. The Labute approximate surface area is 549 Å². The quantitative estimate of drug-likeness (QED) is 0.0199. The van der Waals surface area contributed by atoms with Crippen LogP contribution in [-0.4, -0.2) is 193 Å². The van der Waals surface area contributed by atoms with Crippen molar-refractivity contribution in [2.24, 2.45) is 0 Å².